The van der Waals surface area contributed by atoms with Crippen molar-refractivity contribution < 1.29 is 9.47 Å². The highest BCUT2D eigenvalue weighted by Crippen LogP contribution is 2.49. The molecule has 3 aromatic carbocycles. The van der Waals surface area contributed by atoms with Crippen LogP contribution in [-0.2, 0) is 0 Å². The fourth-order valence-electron chi connectivity index (χ4n) is 5.00. The topological polar surface area (TPSA) is 42.8 Å². The van der Waals surface area contributed by atoms with Crippen LogP contribution >= 0.6 is 11.6 Å². The number of rotatable bonds is 7. The van der Waals surface area contributed by atoms with E-state index in [-0.39, 0.29) is 6.04 Å². The number of para-hydroxylation sites is 1. The molecule has 0 aromatic heterocycles. The molecule has 1 N–H and O–H groups in total. The van der Waals surface area contributed by atoms with Gasteiger partial charge in [0.1, 0.15) is 0 Å². The minimum absolute atomic E-state index is 0.284. The molecule has 0 saturated heterocycles. The molecule has 174 valence electrons. The number of halogens is 1. The van der Waals surface area contributed by atoms with E-state index in [4.69, 9.17) is 21.1 Å². The zero-order valence-electron chi connectivity index (χ0n) is 19.5. The summed E-state index contributed by atoms with van der Waals surface area (Å²) in [5, 5.41) is 4.30. The first kappa shape index (κ1) is 22.5. The van der Waals surface area contributed by atoms with Crippen LogP contribution in [0.3, 0.4) is 0 Å². The molecule has 4 nitrogen and oxygen atoms in total. The lowest BCUT2D eigenvalue weighted by atomic mass is 9.77. The van der Waals surface area contributed by atoms with Crippen molar-refractivity contribution in [3.05, 3.63) is 94.5 Å². The monoisotopic (exact) mass is 472 g/mol. The summed E-state index contributed by atoms with van der Waals surface area (Å²) in [6, 6.07) is 21.2. The van der Waals surface area contributed by atoms with Crippen molar-refractivity contribution in [1.82, 2.24) is 0 Å². The van der Waals surface area contributed by atoms with Crippen molar-refractivity contribution in [2.24, 2.45) is 10.9 Å². The van der Waals surface area contributed by atoms with E-state index >= 15 is 0 Å². The SMILES string of the molecule is CCOc1cc(C=Nc2ccc([C@@H]3Nc4ccccc4[C@H]4C=CC[C@H]43)cc2)cc(Cl)c1OCC. The molecule has 0 fully saturated rings. The predicted molar refractivity (Wildman–Crippen MR) is 140 cm³/mol. The maximum atomic E-state index is 6.44. The van der Waals surface area contributed by atoms with Crippen LogP contribution in [0.15, 0.2) is 77.8 Å². The van der Waals surface area contributed by atoms with E-state index in [1.165, 1.54) is 16.8 Å². The molecule has 5 heteroatoms. The number of nitrogens with one attached hydrogen (secondary N) is 1. The van der Waals surface area contributed by atoms with E-state index in [0.717, 1.165) is 17.7 Å². The van der Waals surface area contributed by atoms with Crippen LogP contribution in [0.5, 0.6) is 11.5 Å². The summed E-state index contributed by atoms with van der Waals surface area (Å²) in [4.78, 5) is 4.67. The Bertz CT molecular complexity index is 1220. The summed E-state index contributed by atoms with van der Waals surface area (Å²) in [5.41, 5.74) is 5.68. The molecule has 0 unspecified atom stereocenters. The summed E-state index contributed by atoms with van der Waals surface area (Å²) >= 11 is 6.44. The van der Waals surface area contributed by atoms with Crippen molar-refractivity contribution in [2.45, 2.75) is 32.2 Å². The third-order valence-corrected chi connectivity index (χ3v) is 6.79. The largest absolute Gasteiger partial charge is 0.490 e. The minimum Gasteiger partial charge on any atom is -0.490 e. The Morgan fingerprint density at radius 2 is 1.82 bits per heavy atom. The van der Waals surface area contributed by atoms with Crippen molar-refractivity contribution in [1.29, 1.82) is 0 Å². The van der Waals surface area contributed by atoms with Gasteiger partial charge in [-0.15, -0.1) is 0 Å². The van der Waals surface area contributed by atoms with E-state index in [1.807, 2.05) is 32.2 Å². The summed E-state index contributed by atoms with van der Waals surface area (Å²) < 4.78 is 11.4. The quantitative estimate of drug-likeness (QED) is 0.283. The molecule has 0 saturated carbocycles. The van der Waals surface area contributed by atoms with Crippen LogP contribution in [0.2, 0.25) is 5.02 Å². The number of hydrogen-bond acceptors (Lipinski definition) is 4. The van der Waals surface area contributed by atoms with Gasteiger partial charge in [-0.05, 0) is 73.2 Å². The lowest BCUT2D eigenvalue weighted by Crippen LogP contribution is -2.28. The highest BCUT2D eigenvalue weighted by Gasteiger charge is 2.37. The molecule has 0 radical (unpaired) electrons. The molecular formula is C29H29ClN2O2. The molecule has 0 amide bonds. The smallest absolute Gasteiger partial charge is 0.179 e. The molecule has 5 rings (SSSR count). The number of aliphatic imine (C=N–C) groups is 1. The second-order valence-electron chi connectivity index (χ2n) is 8.61. The average molecular weight is 473 g/mol. The standard InChI is InChI=1S/C29H29ClN2O2/c1-3-33-27-17-19(16-25(30)29(27)34-4-2)18-31-21-14-12-20(13-15-21)28-24-10-7-9-22(24)23-8-5-6-11-26(23)32-28/h5-9,11-18,22,24,28,32H,3-4,10H2,1-2H3/t22-,24-,28+/m1/s1. The van der Waals surface area contributed by atoms with Crippen LogP contribution < -0.4 is 14.8 Å². The van der Waals surface area contributed by atoms with Crippen LogP contribution in [0.4, 0.5) is 11.4 Å². The van der Waals surface area contributed by atoms with Crippen molar-refractivity contribution >= 4 is 29.2 Å². The summed E-state index contributed by atoms with van der Waals surface area (Å²) in [5.74, 6) is 2.22. The fraction of sp³-hybridized carbons (Fsp3) is 0.276. The van der Waals surface area contributed by atoms with Gasteiger partial charge in [0.15, 0.2) is 11.5 Å². The molecule has 2 aliphatic rings. The van der Waals surface area contributed by atoms with E-state index in [0.29, 0.717) is 41.6 Å². The van der Waals surface area contributed by atoms with Gasteiger partial charge in [0.25, 0.3) is 0 Å². The zero-order chi connectivity index (χ0) is 23.5. The fourth-order valence-corrected chi connectivity index (χ4v) is 5.27. The van der Waals surface area contributed by atoms with Gasteiger partial charge in [-0.25, -0.2) is 0 Å². The van der Waals surface area contributed by atoms with E-state index in [9.17, 15) is 0 Å². The van der Waals surface area contributed by atoms with Gasteiger partial charge in [0.05, 0.1) is 30.0 Å². The number of hydrogen-bond donors (Lipinski definition) is 1. The second-order valence-corrected chi connectivity index (χ2v) is 9.02. The Hall–Kier alpha value is -3.24. The highest BCUT2D eigenvalue weighted by molar-refractivity contribution is 6.32. The molecule has 3 atom stereocenters. The van der Waals surface area contributed by atoms with Gasteiger partial charge in [-0.1, -0.05) is 54.1 Å². The van der Waals surface area contributed by atoms with Crippen molar-refractivity contribution in [3.63, 3.8) is 0 Å². The molecule has 1 aliphatic carbocycles. The first-order chi connectivity index (χ1) is 16.7. The molecule has 1 aliphatic heterocycles. The van der Waals surface area contributed by atoms with Gasteiger partial charge in [0.2, 0.25) is 0 Å². The van der Waals surface area contributed by atoms with Gasteiger partial charge in [0, 0.05) is 17.8 Å². The van der Waals surface area contributed by atoms with Crippen molar-refractivity contribution in [3.8, 4) is 11.5 Å². The van der Waals surface area contributed by atoms with Gasteiger partial charge < -0.3 is 14.8 Å². The minimum atomic E-state index is 0.284. The van der Waals surface area contributed by atoms with Gasteiger partial charge in [-0.3, -0.25) is 4.99 Å². The number of fused-ring (bicyclic) bond motifs is 3. The Morgan fingerprint density at radius 3 is 2.62 bits per heavy atom. The summed E-state index contributed by atoms with van der Waals surface area (Å²) in [6.45, 7) is 4.93. The second kappa shape index (κ2) is 9.94. The van der Waals surface area contributed by atoms with Crippen LogP contribution in [-0.4, -0.2) is 19.4 Å². The molecule has 0 bridgehead atoms. The number of benzene rings is 3. The molecule has 34 heavy (non-hydrogen) atoms. The number of allylic oxidation sites excluding steroid dienone is 2. The van der Waals surface area contributed by atoms with Crippen LogP contribution in [0, 0.1) is 5.92 Å². The first-order valence-corrected chi connectivity index (χ1v) is 12.3. The van der Waals surface area contributed by atoms with E-state index in [1.54, 1.807) is 0 Å². The maximum Gasteiger partial charge on any atom is 0.179 e. The molecule has 3 aromatic rings. The Balaban J connectivity index is 1.35. The first-order valence-electron chi connectivity index (χ1n) is 11.9. The third kappa shape index (κ3) is 4.43. The summed E-state index contributed by atoms with van der Waals surface area (Å²) in [7, 11) is 0. The average Bonchev–Trinajstić information content (AvgIpc) is 3.35. The normalized spacial score (nSPS) is 20.6. The van der Waals surface area contributed by atoms with E-state index in [2.05, 4.69) is 71.0 Å². The maximum absolute atomic E-state index is 6.44. The predicted octanol–water partition coefficient (Wildman–Crippen LogP) is 7.71. The molecular weight excluding hydrogens is 444 g/mol. The van der Waals surface area contributed by atoms with Gasteiger partial charge >= 0.3 is 0 Å². The Morgan fingerprint density at radius 1 is 1.03 bits per heavy atom. The highest BCUT2D eigenvalue weighted by atomic mass is 35.5. The molecule has 1 heterocycles. The summed E-state index contributed by atoms with van der Waals surface area (Å²) in [6.07, 6.45) is 7.60. The Kier molecular flexibility index (Phi) is 6.59. The zero-order valence-corrected chi connectivity index (χ0v) is 20.3. The molecule has 0 spiro atoms. The van der Waals surface area contributed by atoms with Crippen molar-refractivity contribution in [2.75, 3.05) is 18.5 Å². The van der Waals surface area contributed by atoms with E-state index < -0.39 is 0 Å². The number of anilines is 1. The lowest BCUT2D eigenvalue weighted by molar-refractivity contribution is 0.288. The van der Waals surface area contributed by atoms with Crippen LogP contribution in [0.25, 0.3) is 0 Å². The lowest BCUT2D eigenvalue weighted by Gasteiger charge is -2.37. The number of nitrogens with zero attached hydrogens (tertiary/aromatic N) is 1. The van der Waals surface area contributed by atoms with Crippen LogP contribution in [0.1, 0.15) is 48.9 Å². The number of ether oxygens (including phenoxy) is 2. The van der Waals surface area contributed by atoms with Gasteiger partial charge in [-0.2, -0.15) is 0 Å². The third-order valence-electron chi connectivity index (χ3n) is 6.51. The Labute approximate surface area is 206 Å².